The van der Waals surface area contributed by atoms with E-state index in [1.807, 2.05) is 73.7 Å². The third-order valence-electron chi connectivity index (χ3n) is 6.87. The maximum Gasteiger partial charge on any atom is 0.264 e. The number of benzene rings is 3. The summed E-state index contributed by atoms with van der Waals surface area (Å²) in [7, 11) is 0. The lowest BCUT2D eigenvalue weighted by Crippen LogP contribution is -2.41. The second-order valence-electron chi connectivity index (χ2n) is 9.53. The molecule has 4 rings (SSSR count). The Labute approximate surface area is 202 Å². The maximum absolute atomic E-state index is 13.5. The van der Waals surface area contributed by atoms with Crippen LogP contribution in [-0.2, 0) is 23.4 Å². The molecule has 178 valence electrons. The molecule has 2 atom stereocenters. The Morgan fingerprint density at radius 2 is 1.56 bits per heavy atom. The van der Waals surface area contributed by atoms with Crippen LogP contribution in [0.5, 0.6) is 0 Å². The number of hydrogen-bond donors (Lipinski definition) is 2. The van der Waals surface area contributed by atoms with E-state index < -0.39 is 11.7 Å². The van der Waals surface area contributed by atoms with Crippen molar-refractivity contribution in [2.24, 2.45) is 0 Å². The Morgan fingerprint density at radius 1 is 0.882 bits per heavy atom. The Kier molecular flexibility index (Phi) is 7.50. The SMILES string of the molecule is CCCCCCc1ccc(C(O)CC2(O)C(=O)N(Cc3ccc(C)cc3)c3ccccc32)cc1. The van der Waals surface area contributed by atoms with Crippen LogP contribution in [-0.4, -0.2) is 16.1 Å². The van der Waals surface area contributed by atoms with E-state index in [1.165, 1.54) is 24.8 Å². The fraction of sp³-hybridized carbons (Fsp3) is 0.367. The van der Waals surface area contributed by atoms with Gasteiger partial charge in [-0.15, -0.1) is 0 Å². The van der Waals surface area contributed by atoms with Gasteiger partial charge in [0.2, 0.25) is 0 Å². The van der Waals surface area contributed by atoms with Crippen LogP contribution in [0.1, 0.15) is 72.9 Å². The number of rotatable bonds is 10. The molecule has 1 aliphatic heterocycles. The van der Waals surface area contributed by atoms with E-state index in [-0.39, 0.29) is 12.3 Å². The Hall–Kier alpha value is -2.95. The molecule has 1 heterocycles. The predicted molar refractivity (Wildman–Crippen MR) is 137 cm³/mol. The molecular weight excluding hydrogens is 422 g/mol. The van der Waals surface area contributed by atoms with Gasteiger partial charge in [0.05, 0.1) is 18.3 Å². The maximum atomic E-state index is 13.5. The van der Waals surface area contributed by atoms with Crippen molar-refractivity contribution < 1.29 is 15.0 Å². The number of carbonyl (C=O) groups is 1. The number of anilines is 1. The molecule has 0 spiro atoms. The van der Waals surface area contributed by atoms with Gasteiger partial charge < -0.3 is 15.1 Å². The molecule has 0 aromatic heterocycles. The van der Waals surface area contributed by atoms with Crippen molar-refractivity contribution >= 4 is 11.6 Å². The summed E-state index contributed by atoms with van der Waals surface area (Å²) < 4.78 is 0. The third kappa shape index (κ3) is 5.08. The van der Waals surface area contributed by atoms with E-state index in [1.54, 1.807) is 11.0 Å². The number of aliphatic hydroxyl groups is 2. The lowest BCUT2D eigenvalue weighted by atomic mass is 9.87. The lowest BCUT2D eigenvalue weighted by molar-refractivity contribution is -0.139. The highest BCUT2D eigenvalue weighted by atomic mass is 16.3. The average molecular weight is 458 g/mol. The van der Waals surface area contributed by atoms with E-state index in [0.717, 1.165) is 24.0 Å². The van der Waals surface area contributed by atoms with Crippen LogP contribution < -0.4 is 4.90 Å². The minimum atomic E-state index is -1.76. The Bertz CT molecular complexity index is 1110. The second kappa shape index (κ2) is 10.5. The van der Waals surface area contributed by atoms with E-state index in [4.69, 9.17) is 0 Å². The van der Waals surface area contributed by atoms with Crippen LogP contribution in [0, 0.1) is 6.92 Å². The van der Waals surface area contributed by atoms with Gasteiger partial charge in [-0.2, -0.15) is 0 Å². The molecule has 3 aromatic rings. The molecule has 3 aromatic carbocycles. The summed E-state index contributed by atoms with van der Waals surface area (Å²) in [6.45, 7) is 4.61. The normalized spacial score (nSPS) is 18.2. The summed E-state index contributed by atoms with van der Waals surface area (Å²) in [5, 5.41) is 22.6. The van der Waals surface area contributed by atoms with E-state index in [0.29, 0.717) is 23.4 Å². The topological polar surface area (TPSA) is 60.8 Å². The van der Waals surface area contributed by atoms with Crippen LogP contribution in [0.2, 0.25) is 0 Å². The summed E-state index contributed by atoms with van der Waals surface area (Å²) in [5.74, 6) is -0.388. The van der Waals surface area contributed by atoms with Gasteiger partial charge in [-0.25, -0.2) is 0 Å². The van der Waals surface area contributed by atoms with Gasteiger partial charge in [0.15, 0.2) is 5.60 Å². The average Bonchev–Trinajstić information content (AvgIpc) is 3.05. The number of aryl methyl sites for hydroxylation is 2. The summed E-state index contributed by atoms with van der Waals surface area (Å²) >= 11 is 0. The number of carbonyl (C=O) groups excluding carboxylic acids is 1. The summed E-state index contributed by atoms with van der Waals surface area (Å²) in [6.07, 6.45) is 4.87. The zero-order valence-electron chi connectivity index (χ0n) is 20.2. The van der Waals surface area contributed by atoms with Crippen molar-refractivity contribution in [2.75, 3.05) is 4.90 Å². The van der Waals surface area contributed by atoms with Crippen LogP contribution in [0.25, 0.3) is 0 Å². The van der Waals surface area contributed by atoms with E-state index >= 15 is 0 Å². The first kappa shape index (κ1) is 24.2. The standard InChI is InChI=1S/C30H35NO3/c1-3-4-5-6-9-23-16-18-25(19-17-23)28(32)20-30(34)26-10-7-8-11-27(26)31(29(30)33)21-24-14-12-22(2)13-15-24/h7-8,10-19,28,32,34H,3-6,9,20-21H2,1-2H3. The minimum Gasteiger partial charge on any atom is -0.388 e. The molecule has 1 aliphatic rings. The molecule has 2 N–H and O–H groups in total. The lowest BCUT2D eigenvalue weighted by Gasteiger charge is -2.26. The van der Waals surface area contributed by atoms with Crippen LogP contribution in [0.15, 0.2) is 72.8 Å². The van der Waals surface area contributed by atoms with Crippen LogP contribution in [0.4, 0.5) is 5.69 Å². The van der Waals surface area contributed by atoms with Gasteiger partial charge in [-0.1, -0.05) is 98.5 Å². The monoisotopic (exact) mass is 457 g/mol. The number of para-hydroxylation sites is 1. The quantitative estimate of drug-likeness (QED) is 0.368. The molecule has 34 heavy (non-hydrogen) atoms. The number of fused-ring (bicyclic) bond motifs is 1. The summed E-state index contributed by atoms with van der Waals surface area (Å²) in [6, 6.07) is 23.3. The molecule has 0 fully saturated rings. The van der Waals surface area contributed by atoms with Gasteiger partial charge in [0, 0.05) is 12.0 Å². The van der Waals surface area contributed by atoms with Gasteiger partial charge in [-0.3, -0.25) is 4.79 Å². The highest BCUT2D eigenvalue weighted by Crippen LogP contribution is 2.45. The van der Waals surface area contributed by atoms with Gasteiger partial charge in [-0.05, 0) is 42.5 Å². The first-order valence-electron chi connectivity index (χ1n) is 12.4. The van der Waals surface area contributed by atoms with Crippen molar-refractivity contribution in [3.63, 3.8) is 0 Å². The number of unbranched alkanes of at least 4 members (excludes halogenated alkanes) is 3. The number of aliphatic hydroxyl groups excluding tert-OH is 1. The predicted octanol–water partition coefficient (Wildman–Crippen LogP) is 5.98. The molecular formula is C30H35NO3. The molecule has 0 aliphatic carbocycles. The van der Waals surface area contributed by atoms with Gasteiger partial charge in [0.25, 0.3) is 5.91 Å². The van der Waals surface area contributed by atoms with Crippen molar-refractivity contribution in [1.82, 2.24) is 0 Å². The van der Waals surface area contributed by atoms with Crippen molar-refractivity contribution in [3.8, 4) is 0 Å². The first-order chi connectivity index (χ1) is 16.4. The molecule has 0 saturated carbocycles. The van der Waals surface area contributed by atoms with Crippen molar-refractivity contribution in [2.45, 2.75) is 70.6 Å². The van der Waals surface area contributed by atoms with E-state index in [9.17, 15) is 15.0 Å². The summed E-state index contributed by atoms with van der Waals surface area (Å²) in [5.41, 5.74) is 3.60. The molecule has 4 heteroatoms. The fourth-order valence-electron chi connectivity index (χ4n) is 4.80. The van der Waals surface area contributed by atoms with Crippen molar-refractivity contribution in [1.29, 1.82) is 0 Å². The highest BCUT2D eigenvalue weighted by Gasteiger charge is 2.50. The van der Waals surface area contributed by atoms with Gasteiger partial charge in [0.1, 0.15) is 0 Å². The fourth-order valence-corrected chi connectivity index (χ4v) is 4.80. The number of amides is 1. The Morgan fingerprint density at radius 3 is 2.26 bits per heavy atom. The second-order valence-corrected chi connectivity index (χ2v) is 9.53. The van der Waals surface area contributed by atoms with Crippen LogP contribution >= 0.6 is 0 Å². The summed E-state index contributed by atoms with van der Waals surface area (Å²) in [4.78, 5) is 15.1. The first-order valence-corrected chi connectivity index (χ1v) is 12.4. The third-order valence-corrected chi connectivity index (χ3v) is 6.87. The van der Waals surface area contributed by atoms with E-state index in [2.05, 4.69) is 6.92 Å². The molecule has 2 unspecified atom stereocenters. The Balaban J connectivity index is 1.50. The smallest absolute Gasteiger partial charge is 0.264 e. The largest absolute Gasteiger partial charge is 0.388 e. The van der Waals surface area contributed by atoms with Gasteiger partial charge >= 0.3 is 0 Å². The highest BCUT2D eigenvalue weighted by molar-refractivity contribution is 6.06. The molecule has 1 amide bonds. The van der Waals surface area contributed by atoms with Crippen LogP contribution in [0.3, 0.4) is 0 Å². The number of hydrogen-bond acceptors (Lipinski definition) is 3. The molecule has 0 bridgehead atoms. The minimum absolute atomic E-state index is 0.0803. The number of nitrogens with zero attached hydrogens (tertiary/aromatic N) is 1. The molecule has 0 radical (unpaired) electrons. The molecule has 4 nitrogen and oxygen atoms in total. The van der Waals surface area contributed by atoms with Crippen molar-refractivity contribution in [3.05, 3.63) is 101 Å². The molecule has 0 saturated heterocycles. The zero-order valence-corrected chi connectivity index (χ0v) is 20.2. The zero-order chi connectivity index (χ0) is 24.1.